The molecule has 0 spiro atoms. The van der Waals surface area contributed by atoms with Crippen LogP contribution in [-0.4, -0.2) is 48.8 Å². The minimum absolute atomic E-state index is 0.0477. The summed E-state index contributed by atoms with van der Waals surface area (Å²) in [5.74, 6) is -0.415. The fourth-order valence-corrected chi connectivity index (χ4v) is 4.75. The lowest BCUT2D eigenvalue weighted by Crippen LogP contribution is -2.39. The van der Waals surface area contributed by atoms with Gasteiger partial charge in [0, 0.05) is 18.3 Å². The first-order chi connectivity index (χ1) is 17.2. The van der Waals surface area contributed by atoms with Crippen molar-refractivity contribution in [1.29, 1.82) is 0 Å². The number of nitrogens with one attached hydrogen (secondary N) is 1. The molecule has 0 radical (unpaired) electrons. The number of aryl methyl sites for hydroxylation is 1. The zero-order valence-corrected chi connectivity index (χ0v) is 22.7. The number of anilines is 2. The molecule has 3 rings (SSSR count). The number of ether oxygens (including phenoxy) is 1. The lowest BCUT2D eigenvalue weighted by molar-refractivity contribution is -0.0429. The second kappa shape index (κ2) is 11.3. The standard InChI is InChI=1S/C22H29F3N6O4S2/c1-6-14(5)35-20(32)19-27-29-21(36-19)28-26-16-9-15-8-7-13(4)31(11-12(2)3)18(15)10-17(16)30-37(33,34)22(23,24)25/h9-10,12-14,30H,6-8,11H2,1-5H3. The number of carbonyl (C=O) groups excluding carboxylic acids is 1. The number of esters is 1. The van der Waals surface area contributed by atoms with Gasteiger partial charge in [-0.25, -0.2) is 4.79 Å². The smallest absolute Gasteiger partial charge is 0.457 e. The van der Waals surface area contributed by atoms with Crippen molar-refractivity contribution in [3.63, 3.8) is 0 Å². The summed E-state index contributed by atoms with van der Waals surface area (Å²) in [6.45, 7) is 10.3. The third kappa shape index (κ3) is 6.94. The Kier molecular flexibility index (Phi) is 8.78. The predicted molar refractivity (Wildman–Crippen MR) is 134 cm³/mol. The largest absolute Gasteiger partial charge is 0.516 e. The molecule has 0 fully saturated rings. The summed E-state index contributed by atoms with van der Waals surface area (Å²) in [5, 5.41) is 15.2. The van der Waals surface area contributed by atoms with Crippen molar-refractivity contribution in [2.24, 2.45) is 16.1 Å². The van der Waals surface area contributed by atoms with E-state index in [0.717, 1.165) is 23.3 Å². The first-order valence-electron chi connectivity index (χ1n) is 11.7. The number of sulfonamides is 1. The number of hydrogen-bond acceptors (Lipinski definition) is 10. The van der Waals surface area contributed by atoms with Crippen LogP contribution in [0.25, 0.3) is 0 Å². The molecule has 0 amide bonds. The van der Waals surface area contributed by atoms with Crippen molar-refractivity contribution in [1.82, 2.24) is 10.2 Å². The van der Waals surface area contributed by atoms with Gasteiger partial charge in [0.2, 0.25) is 5.01 Å². The minimum atomic E-state index is -5.71. The Morgan fingerprint density at radius 1 is 1.27 bits per heavy atom. The highest BCUT2D eigenvalue weighted by molar-refractivity contribution is 7.93. The highest BCUT2D eigenvalue weighted by Gasteiger charge is 2.46. The van der Waals surface area contributed by atoms with Crippen LogP contribution >= 0.6 is 11.3 Å². The van der Waals surface area contributed by atoms with E-state index in [0.29, 0.717) is 25.1 Å². The van der Waals surface area contributed by atoms with Crippen molar-refractivity contribution in [2.45, 2.75) is 71.5 Å². The maximum atomic E-state index is 13.2. The molecule has 1 aromatic carbocycles. The van der Waals surface area contributed by atoms with E-state index >= 15 is 0 Å². The number of nitrogens with zero attached hydrogens (tertiary/aromatic N) is 5. The van der Waals surface area contributed by atoms with E-state index in [1.165, 1.54) is 12.1 Å². The van der Waals surface area contributed by atoms with Crippen LogP contribution in [0.15, 0.2) is 22.4 Å². The van der Waals surface area contributed by atoms with Crippen molar-refractivity contribution >= 4 is 49.5 Å². The van der Waals surface area contributed by atoms with E-state index in [-0.39, 0.29) is 39.6 Å². The molecule has 0 saturated heterocycles. The lowest BCUT2D eigenvalue weighted by Gasteiger charge is -2.38. The van der Waals surface area contributed by atoms with Gasteiger partial charge < -0.3 is 9.64 Å². The van der Waals surface area contributed by atoms with Crippen molar-refractivity contribution < 1.29 is 31.1 Å². The summed E-state index contributed by atoms with van der Waals surface area (Å²) < 4.78 is 70.2. The zero-order valence-electron chi connectivity index (χ0n) is 21.0. The monoisotopic (exact) mass is 562 g/mol. The second-order valence-electron chi connectivity index (χ2n) is 9.20. The number of benzene rings is 1. The summed E-state index contributed by atoms with van der Waals surface area (Å²) in [5.41, 5.74) is -4.57. The van der Waals surface area contributed by atoms with Gasteiger partial charge >= 0.3 is 21.5 Å². The van der Waals surface area contributed by atoms with Gasteiger partial charge in [-0.3, -0.25) is 4.72 Å². The normalized spacial score (nSPS) is 17.2. The molecule has 0 saturated carbocycles. The average Bonchev–Trinajstić information content (AvgIpc) is 3.28. The zero-order chi connectivity index (χ0) is 27.5. The average molecular weight is 563 g/mol. The molecule has 2 heterocycles. The Balaban J connectivity index is 2.00. The van der Waals surface area contributed by atoms with Gasteiger partial charge in [0.25, 0.3) is 5.13 Å². The first kappa shape index (κ1) is 28.8. The number of azo groups is 1. The molecule has 2 atom stereocenters. The van der Waals surface area contributed by atoms with Crippen molar-refractivity contribution in [3.05, 3.63) is 22.7 Å². The molecule has 10 nitrogen and oxygen atoms in total. The summed E-state index contributed by atoms with van der Waals surface area (Å²) >= 11 is 0.788. The third-order valence-corrected chi connectivity index (χ3v) is 7.58. The molecular formula is C22H29F3N6O4S2. The van der Waals surface area contributed by atoms with Crippen LogP contribution in [0.4, 0.5) is 35.4 Å². The maximum absolute atomic E-state index is 13.2. The second-order valence-corrected chi connectivity index (χ2v) is 11.8. The van der Waals surface area contributed by atoms with E-state index in [1.807, 2.05) is 27.7 Å². The van der Waals surface area contributed by atoms with Crippen LogP contribution in [0.3, 0.4) is 0 Å². The van der Waals surface area contributed by atoms with Crippen LogP contribution in [-0.2, 0) is 21.2 Å². The van der Waals surface area contributed by atoms with Gasteiger partial charge in [0.15, 0.2) is 0 Å². The Hall–Kier alpha value is -2.81. The number of halogens is 3. The van der Waals surface area contributed by atoms with E-state index in [4.69, 9.17) is 4.74 Å². The Bertz CT molecular complexity index is 1260. The van der Waals surface area contributed by atoms with E-state index in [9.17, 15) is 26.4 Å². The van der Waals surface area contributed by atoms with Gasteiger partial charge in [-0.15, -0.1) is 20.4 Å². The molecule has 0 bridgehead atoms. The topological polar surface area (TPSA) is 126 Å². The molecule has 2 unspecified atom stereocenters. The van der Waals surface area contributed by atoms with E-state index < -0.39 is 21.5 Å². The third-order valence-electron chi connectivity index (χ3n) is 5.70. The Morgan fingerprint density at radius 3 is 2.59 bits per heavy atom. The first-order valence-corrected chi connectivity index (χ1v) is 14.0. The van der Waals surface area contributed by atoms with Crippen LogP contribution in [0.5, 0.6) is 0 Å². The maximum Gasteiger partial charge on any atom is 0.516 e. The van der Waals surface area contributed by atoms with Gasteiger partial charge in [-0.05, 0) is 56.7 Å². The molecule has 204 valence electrons. The van der Waals surface area contributed by atoms with Gasteiger partial charge in [0.1, 0.15) is 5.69 Å². The van der Waals surface area contributed by atoms with Gasteiger partial charge in [0.05, 0.1) is 11.8 Å². The molecule has 1 N–H and O–H groups in total. The molecular weight excluding hydrogens is 533 g/mol. The molecule has 1 aliphatic heterocycles. The highest BCUT2D eigenvalue weighted by atomic mass is 32.2. The number of fused-ring (bicyclic) bond motifs is 1. The number of carbonyl (C=O) groups is 1. The number of rotatable bonds is 9. The summed E-state index contributed by atoms with van der Waals surface area (Å²) in [4.78, 5) is 14.2. The molecule has 2 aromatic rings. The van der Waals surface area contributed by atoms with Crippen molar-refractivity contribution in [3.8, 4) is 0 Å². The molecule has 15 heteroatoms. The molecule has 37 heavy (non-hydrogen) atoms. The number of aromatic nitrogens is 2. The molecule has 0 aliphatic carbocycles. The Labute approximate surface area is 217 Å². The van der Waals surface area contributed by atoms with Crippen LogP contribution in [0, 0.1) is 5.92 Å². The SMILES string of the molecule is CCC(C)OC(=O)c1nnc(N=Nc2cc3c(cc2NS(=O)(=O)C(F)(F)F)N(CC(C)C)C(C)CC3)s1. The number of hydrogen-bond donors (Lipinski definition) is 1. The lowest BCUT2D eigenvalue weighted by atomic mass is 9.94. The Morgan fingerprint density at radius 2 is 1.97 bits per heavy atom. The fourth-order valence-electron chi connectivity index (χ4n) is 3.64. The number of alkyl halides is 3. The summed E-state index contributed by atoms with van der Waals surface area (Å²) in [7, 11) is -5.71. The van der Waals surface area contributed by atoms with Gasteiger partial charge in [-0.2, -0.15) is 21.6 Å². The van der Waals surface area contributed by atoms with Crippen LogP contribution < -0.4 is 9.62 Å². The molecule has 1 aliphatic rings. The fraction of sp³-hybridized carbons (Fsp3) is 0.591. The van der Waals surface area contributed by atoms with Crippen LogP contribution in [0.1, 0.15) is 62.8 Å². The van der Waals surface area contributed by atoms with Crippen molar-refractivity contribution in [2.75, 3.05) is 16.2 Å². The van der Waals surface area contributed by atoms with Gasteiger partial charge in [-0.1, -0.05) is 32.1 Å². The van der Waals surface area contributed by atoms with E-state index in [1.54, 1.807) is 11.6 Å². The predicted octanol–water partition coefficient (Wildman–Crippen LogP) is 5.97. The minimum Gasteiger partial charge on any atom is -0.457 e. The molecule has 1 aromatic heterocycles. The quantitative estimate of drug-likeness (QED) is 0.295. The van der Waals surface area contributed by atoms with E-state index in [2.05, 4.69) is 25.3 Å². The summed E-state index contributed by atoms with van der Waals surface area (Å²) in [6, 6.07) is 3.00. The summed E-state index contributed by atoms with van der Waals surface area (Å²) in [6.07, 6.45) is 1.73. The van der Waals surface area contributed by atoms with Crippen LogP contribution in [0.2, 0.25) is 0 Å². The highest BCUT2D eigenvalue weighted by Crippen LogP contribution is 2.41.